The van der Waals surface area contributed by atoms with Crippen molar-refractivity contribution in [2.75, 3.05) is 43.5 Å². The Morgan fingerprint density at radius 1 is 0.947 bits per heavy atom. The van der Waals surface area contributed by atoms with E-state index in [4.69, 9.17) is 26.3 Å². The number of aromatic nitrogens is 2. The number of hydrogen-bond donors (Lipinski definition) is 1. The summed E-state index contributed by atoms with van der Waals surface area (Å²) in [6.45, 7) is 4.55. The molecule has 1 aliphatic heterocycles. The number of nitrogens with one attached hydrogen (secondary N) is 1. The molecule has 0 spiro atoms. The maximum Gasteiger partial charge on any atom is 0.321 e. The minimum Gasteiger partial charge on any atom is -0.497 e. The number of hydrogen-bond acceptors (Lipinski definition) is 5. The molecule has 0 aliphatic carbocycles. The maximum atomic E-state index is 13.0. The number of anilines is 2. The molecule has 1 aromatic heterocycles. The molecular weight excluding hydrogens is 498 g/mol. The molecule has 38 heavy (non-hydrogen) atoms. The van der Waals surface area contributed by atoms with Crippen LogP contribution in [0, 0.1) is 6.92 Å². The number of piperazine rings is 1. The molecule has 2 heterocycles. The molecule has 7 nitrogen and oxygen atoms in total. The third-order valence-corrected chi connectivity index (χ3v) is 6.96. The summed E-state index contributed by atoms with van der Waals surface area (Å²) < 4.78 is 5.27. The van der Waals surface area contributed by atoms with Crippen molar-refractivity contribution in [1.29, 1.82) is 0 Å². The van der Waals surface area contributed by atoms with E-state index in [1.165, 1.54) is 0 Å². The van der Waals surface area contributed by atoms with Gasteiger partial charge in [0, 0.05) is 66.2 Å². The zero-order chi connectivity index (χ0) is 26.5. The van der Waals surface area contributed by atoms with Crippen molar-refractivity contribution in [1.82, 2.24) is 14.9 Å². The maximum absolute atomic E-state index is 13.0. The predicted octanol–water partition coefficient (Wildman–Crippen LogP) is 6.06. The summed E-state index contributed by atoms with van der Waals surface area (Å²) in [6, 6.07) is 25.2. The second kappa shape index (κ2) is 11.5. The van der Waals surface area contributed by atoms with Crippen molar-refractivity contribution in [3.63, 3.8) is 0 Å². The Morgan fingerprint density at radius 3 is 2.39 bits per heavy atom. The summed E-state index contributed by atoms with van der Waals surface area (Å²) in [5.41, 5.74) is 4.86. The number of urea groups is 1. The number of ether oxygens (including phenoxy) is 1. The molecule has 5 rings (SSSR count). The SMILES string of the molecule is COc1cccc(NC(=O)N2CCN(c3nc(-c4ccccc4)nc(C)c3Cc3ccc(Cl)cc3)CC2)c1. The van der Waals surface area contributed by atoms with Gasteiger partial charge in [-0.3, -0.25) is 0 Å². The van der Waals surface area contributed by atoms with Crippen LogP contribution in [-0.2, 0) is 6.42 Å². The van der Waals surface area contributed by atoms with Crippen molar-refractivity contribution in [3.8, 4) is 17.1 Å². The number of halogens is 1. The molecule has 1 aliphatic rings. The molecule has 2 amide bonds. The van der Waals surface area contributed by atoms with Gasteiger partial charge in [-0.1, -0.05) is 60.1 Å². The zero-order valence-corrected chi connectivity index (χ0v) is 22.3. The summed E-state index contributed by atoms with van der Waals surface area (Å²) in [5.74, 6) is 2.32. The Hall–Kier alpha value is -4.10. The molecule has 194 valence electrons. The second-order valence-electron chi connectivity index (χ2n) is 9.24. The largest absolute Gasteiger partial charge is 0.497 e. The van der Waals surface area contributed by atoms with Crippen LogP contribution >= 0.6 is 11.6 Å². The fourth-order valence-electron chi connectivity index (χ4n) is 4.60. The van der Waals surface area contributed by atoms with Gasteiger partial charge in [0.15, 0.2) is 5.82 Å². The molecule has 1 saturated heterocycles. The molecule has 3 aromatic carbocycles. The van der Waals surface area contributed by atoms with E-state index in [0.29, 0.717) is 54.9 Å². The molecule has 8 heteroatoms. The van der Waals surface area contributed by atoms with E-state index in [0.717, 1.165) is 28.2 Å². The van der Waals surface area contributed by atoms with Gasteiger partial charge >= 0.3 is 6.03 Å². The smallest absolute Gasteiger partial charge is 0.321 e. The van der Waals surface area contributed by atoms with Crippen LogP contribution in [0.5, 0.6) is 5.75 Å². The van der Waals surface area contributed by atoms with Crippen LogP contribution in [0.1, 0.15) is 16.8 Å². The quantitative estimate of drug-likeness (QED) is 0.330. The first kappa shape index (κ1) is 25.5. The van der Waals surface area contributed by atoms with E-state index in [-0.39, 0.29) is 6.03 Å². The Balaban J connectivity index is 1.37. The summed E-state index contributed by atoms with van der Waals surface area (Å²) >= 11 is 6.12. The van der Waals surface area contributed by atoms with Gasteiger partial charge in [-0.25, -0.2) is 14.8 Å². The number of carbonyl (C=O) groups excluding carboxylic acids is 1. The minimum atomic E-state index is -0.122. The summed E-state index contributed by atoms with van der Waals surface area (Å²) in [4.78, 5) is 27.0. The van der Waals surface area contributed by atoms with Gasteiger partial charge in [-0.2, -0.15) is 0 Å². The monoisotopic (exact) mass is 527 g/mol. The lowest BCUT2D eigenvalue weighted by Crippen LogP contribution is -2.50. The van der Waals surface area contributed by atoms with Crippen LogP contribution in [-0.4, -0.2) is 54.2 Å². The Morgan fingerprint density at radius 2 is 1.68 bits per heavy atom. The van der Waals surface area contributed by atoms with Gasteiger partial charge < -0.3 is 19.9 Å². The average Bonchev–Trinajstić information content (AvgIpc) is 2.95. The molecule has 0 radical (unpaired) electrons. The van der Waals surface area contributed by atoms with Crippen molar-refractivity contribution < 1.29 is 9.53 Å². The van der Waals surface area contributed by atoms with Crippen LogP contribution in [0.15, 0.2) is 78.9 Å². The number of benzene rings is 3. The number of nitrogens with zero attached hydrogens (tertiary/aromatic N) is 4. The first-order valence-corrected chi connectivity index (χ1v) is 13.0. The van der Waals surface area contributed by atoms with E-state index in [1.807, 2.05) is 90.7 Å². The standard InChI is InChI=1S/C30H30ClN5O2/c1-21-27(19-22-11-13-24(31)14-12-22)29(34-28(32-21)23-7-4-3-5-8-23)35-15-17-36(18-16-35)30(37)33-25-9-6-10-26(20-25)38-2/h3-14,20H,15-19H2,1-2H3,(H,33,37). The third kappa shape index (κ3) is 5.89. The molecule has 1 fully saturated rings. The van der Waals surface area contributed by atoms with Crippen LogP contribution in [0.3, 0.4) is 0 Å². The number of carbonyl (C=O) groups is 1. The Kier molecular flexibility index (Phi) is 7.75. The van der Waals surface area contributed by atoms with Crippen molar-refractivity contribution in [2.24, 2.45) is 0 Å². The van der Waals surface area contributed by atoms with Crippen LogP contribution in [0.2, 0.25) is 5.02 Å². The first-order valence-electron chi connectivity index (χ1n) is 12.6. The summed E-state index contributed by atoms with van der Waals surface area (Å²) in [7, 11) is 1.61. The lowest BCUT2D eigenvalue weighted by Gasteiger charge is -2.36. The van der Waals surface area contributed by atoms with E-state index in [1.54, 1.807) is 7.11 Å². The highest BCUT2D eigenvalue weighted by molar-refractivity contribution is 6.30. The van der Waals surface area contributed by atoms with Gasteiger partial charge in [0.25, 0.3) is 0 Å². The highest BCUT2D eigenvalue weighted by Gasteiger charge is 2.25. The molecule has 0 saturated carbocycles. The summed E-state index contributed by atoms with van der Waals surface area (Å²) in [5, 5.41) is 3.69. The van der Waals surface area contributed by atoms with Gasteiger partial charge in [0.1, 0.15) is 11.6 Å². The lowest BCUT2D eigenvalue weighted by atomic mass is 10.0. The predicted molar refractivity (Wildman–Crippen MR) is 152 cm³/mol. The van der Waals surface area contributed by atoms with Crippen LogP contribution in [0.25, 0.3) is 11.4 Å². The second-order valence-corrected chi connectivity index (χ2v) is 9.68. The number of rotatable bonds is 6. The number of aryl methyl sites for hydroxylation is 1. The van der Waals surface area contributed by atoms with Gasteiger partial charge in [-0.15, -0.1) is 0 Å². The molecule has 1 N–H and O–H groups in total. The third-order valence-electron chi connectivity index (χ3n) is 6.71. The Bertz CT molecular complexity index is 1400. The average molecular weight is 528 g/mol. The molecule has 0 unspecified atom stereocenters. The molecule has 0 bridgehead atoms. The molecule has 0 atom stereocenters. The van der Waals surface area contributed by atoms with E-state index in [2.05, 4.69) is 10.2 Å². The number of amides is 2. The molecule has 4 aromatic rings. The van der Waals surface area contributed by atoms with Crippen LogP contribution in [0.4, 0.5) is 16.3 Å². The first-order chi connectivity index (χ1) is 18.5. The normalized spacial score (nSPS) is 13.3. The Labute approximate surface area is 228 Å². The number of methoxy groups -OCH3 is 1. The van der Waals surface area contributed by atoms with Crippen molar-refractivity contribution >= 4 is 29.1 Å². The van der Waals surface area contributed by atoms with Gasteiger partial charge in [0.05, 0.1) is 7.11 Å². The highest BCUT2D eigenvalue weighted by atomic mass is 35.5. The zero-order valence-electron chi connectivity index (χ0n) is 21.5. The van der Waals surface area contributed by atoms with E-state index < -0.39 is 0 Å². The van der Waals surface area contributed by atoms with E-state index in [9.17, 15) is 4.79 Å². The molecular formula is C30H30ClN5O2. The van der Waals surface area contributed by atoms with Crippen molar-refractivity contribution in [2.45, 2.75) is 13.3 Å². The topological polar surface area (TPSA) is 70.6 Å². The lowest BCUT2D eigenvalue weighted by molar-refractivity contribution is 0.208. The summed E-state index contributed by atoms with van der Waals surface area (Å²) in [6.07, 6.45) is 0.698. The van der Waals surface area contributed by atoms with Gasteiger partial charge in [0.2, 0.25) is 0 Å². The van der Waals surface area contributed by atoms with Gasteiger partial charge in [-0.05, 0) is 36.8 Å². The van der Waals surface area contributed by atoms with E-state index >= 15 is 0 Å². The van der Waals surface area contributed by atoms with Crippen LogP contribution < -0.4 is 15.0 Å². The highest BCUT2D eigenvalue weighted by Crippen LogP contribution is 2.29. The fraction of sp³-hybridized carbons (Fsp3) is 0.233. The van der Waals surface area contributed by atoms with Crippen molar-refractivity contribution in [3.05, 3.63) is 101 Å². The fourth-order valence-corrected chi connectivity index (χ4v) is 4.72. The minimum absolute atomic E-state index is 0.122.